The summed E-state index contributed by atoms with van der Waals surface area (Å²) in [5, 5.41) is 20.6. The van der Waals surface area contributed by atoms with Crippen LogP contribution in [0, 0.1) is 12.7 Å². The molecule has 0 fully saturated rings. The Balaban J connectivity index is 2.24. The standard InChI is InChI=1S/C23H23ClFNO4/c1-3-4-5-6-16(23(29)30)21-13(2)26(19-12-18(25)20(27)11-17(19)21)22(28)14-7-9-15(24)10-8-14/h7-12,16,27H,3-6H2,1-2H3,(H,29,30). The van der Waals surface area contributed by atoms with E-state index in [0.717, 1.165) is 18.9 Å². The number of carbonyl (C=O) groups is 2. The molecule has 1 unspecified atom stereocenters. The second kappa shape index (κ2) is 8.88. The zero-order chi connectivity index (χ0) is 22.0. The summed E-state index contributed by atoms with van der Waals surface area (Å²) in [6.45, 7) is 3.67. The molecule has 0 bridgehead atoms. The van der Waals surface area contributed by atoms with Gasteiger partial charge in [0.05, 0.1) is 11.4 Å². The smallest absolute Gasteiger partial charge is 0.311 e. The van der Waals surface area contributed by atoms with Gasteiger partial charge in [-0.25, -0.2) is 4.39 Å². The average molecular weight is 432 g/mol. The molecule has 0 aliphatic rings. The summed E-state index contributed by atoms with van der Waals surface area (Å²) in [6.07, 6.45) is 2.91. The number of aromatic nitrogens is 1. The number of carboxylic acid groups (broad SMARTS) is 1. The van der Waals surface area contributed by atoms with E-state index < -0.39 is 29.4 Å². The normalized spacial score (nSPS) is 12.3. The number of fused-ring (bicyclic) bond motifs is 1. The van der Waals surface area contributed by atoms with Crippen molar-refractivity contribution in [1.29, 1.82) is 0 Å². The summed E-state index contributed by atoms with van der Waals surface area (Å²) < 4.78 is 15.5. The molecule has 2 N–H and O–H groups in total. The Morgan fingerprint density at radius 2 is 1.83 bits per heavy atom. The molecule has 0 aliphatic carbocycles. The maximum absolute atomic E-state index is 14.2. The fraction of sp³-hybridized carbons (Fsp3) is 0.304. The number of phenols is 1. The Kier molecular flexibility index (Phi) is 6.46. The quantitative estimate of drug-likeness (QED) is 0.457. The molecule has 3 rings (SSSR count). The molecule has 30 heavy (non-hydrogen) atoms. The monoisotopic (exact) mass is 431 g/mol. The molecule has 2 aromatic carbocycles. The number of aromatic hydroxyl groups is 1. The van der Waals surface area contributed by atoms with Crippen molar-refractivity contribution < 1.29 is 24.2 Å². The van der Waals surface area contributed by atoms with Gasteiger partial charge in [0.25, 0.3) is 5.91 Å². The lowest BCUT2D eigenvalue weighted by Crippen LogP contribution is -2.16. The molecule has 0 saturated carbocycles. The third kappa shape index (κ3) is 4.05. The van der Waals surface area contributed by atoms with E-state index in [1.807, 2.05) is 6.92 Å². The summed E-state index contributed by atoms with van der Waals surface area (Å²) in [5.41, 5.74) is 1.39. The molecular formula is C23H23ClFNO4. The van der Waals surface area contributed by atoms with E-state index in [1.165, 1.54) is 10.6 Å². The Labute approximate surface area is 178 Å². The van der Waals surface area contributed by atoms with Crippen molar-refractivity contribution in [2.75, 3.05) is 0 Å². The Hall–Kier alpha value is -2.86. The van der Waals surface area contributed by atoms with Crippen LogP contribution in [0.2, 0.25) is 5.02 Å². The van der Waals surface area contributed by atoms with Gasteiger partial charge in [0.1, 0.15) is 0 Å². The largest absolute Gasteiger partial charge is 0.505 e. The maximum Gasteiger partial charge on any atom is 0.311 e. The van der Waals surface area contributed by atoms with Crippen molar-refractivity contribution in [3.05, 3.63) is 64.1 Å². The average Bonchev–Trinajstić information content (AvgIpc) is 2.96. The van der Waals surface area contributed by atoms with Crippen LogP contribution in [0.15, 0.2) is 36.4 Å². The van der Waals surface area contributed by atoms with E-state index in [1.54, 1.807) is 31.2 Å². The predicted molar refractivity (Wildman–Crippen MR) is 114 cm³/mol. The number of halogens is 2. The Morgan fingerprint density at radius 1 is 1.17 bits per heavy atom. The SMILES string of the molecule is CCCCCC(C(=O)O)c1c(C)n(C(=O)c2ccc(Cl)cc2)c2cc(F)c(O)cc12. The minimum atomic E-state index is -1.02. The fourth-order valence-electron chi connectivity index (χ4n) is 3.86. The topological polar surface area (TPSA) is 79.5 Å². The number of aliphatic carboxylic acids is 1. The van der Waals surface area contributed by atoms with Gasteiger partial charge in [-0.05, 0) is 49.2 Å². The van der Waals surface area contributed by atoms with Crippen LogP contribution in [0.1, 0.15) is 60.1 Å². The van der Waals surface area contributed by atoms with Gasteiger partial charge < -0.3 is 10.2 Å². The van der Waals surface area contributed by atoms with Crippen molar-refractivity contribution in [3.8, 4) is 5.75 Å². The van der Waals surface area contributed by atoms with Crippen molar-refractivity contribution >= 4 is 34.4 Å². The molecule has 1 aromatic heterocycles. The highest BCUT2D eigenvalue weighted by atomic mass is 35.5. The molecule has 0 aliphatic heterocycles. The Bertz CT molecular complexity index is 1100. The van der Waals surface area contributed by atoms with Gasteiger partial charge in [-0.2, -0.15) is 0 Å². The maximum atomic E-state index is 14.2. The lowest BCUT2D eigenvalue weighted by atomic mass is 9.91. The van der Waals surface area contributed by atoms with Crippen molar-refractivity contribution in [3.63, 3.8) is 0 Å². The van der Waals surface area contributed by atoms with Gasteiger partial charge in [0.2, 0.25) is 0 Å². The van der Waals surface area contributed by atoms with E-state index in [0.29, 0.717) is 40.1 Å². The van der Waals surface area contributed by atoms with Gasteiger partial charge in [-0.15, -0.1) is 0 Å². The number of carbonyl (C=O) groups excluding carboxylic acids is 1. The third-order valence-electron chi connectivity index (χ3n) is 5.36. The molecule has 5 nitrogen and oxygen atoms in total. The van der Waals surface area contributed by atoms with Gasteiger partial charge in [0, 0.05) is 27.7 Å². The number of nitrogens with zero attached hydrogens (tertiary/aromatic N) is 1. The van der Waals surface area contributed by atoms with Crippen LogP contribution in [0.4, 0.5) is 4.39 Å². The van der Waals surface area contributed by atoms with E-state index in [2.05, 4.69) is 0 Å². The number of phenolic OH excluding ortho intramolecular Hbond substituents is 1. The molecule has 7 heteroatoms. The van der Waals surface area contributed by atoms with Gasteiger partial charge in [-0.3, -0.25) is 14.2 Å². The first-order valence-corrected chi connectivity index (χ1v) is 10.2. The fourth-order valence-corrected chi connectivity index (χ4v) is 3.99. The first kappa shape index (κ1) is 21.8. The van der Waals surface area contributed by atoms with Gasteiger partial charge >= 0.3 is 5.97 Å². The molecular weight excluding hydrogens is 409 g/mol. The van der Waals surface area contributed by atoms with Gasteiger partial charge in [-0.1, -0.05) is 37.8 Å². The van der Waals surface area contributed by atoms with Gasteiger partial charge in [0.15, 0.2) is 11.6 Å². The minimum Gasteiger partial charge on any atom is -0.505 e. The molecule has 0 spiro atoms. The van der Waals surface area contributed by atoms with E-state index in [-0.39, 0.29) is 5.52 Å². The van der Waals surface area contributed by atoms with Crippen LogP contribution >= 0.6 is 11.6 Å². The van der Waals surface area contributed by atoms with Crippen LogP contribution in [0.5, 0.6) is 5.75 Å². The Morgan fingerprint density at radius 3 is 2.43 bits per heavy atom. The first-order valence-electron chi connectivity index (χ1n) is 9.82. The number of hydrogen-bond acceptors (Lipinski definition) is 3. The van der Waals surface area contributed by atoms with Crippen LogP contribution in [-0.2, 0) is 4.79 Å². The summed E-state index contributed by atoms with van der Waals surface area (Å²) in [6, 6.07) is 8.54. The number of unbranched alkanes of at least 4 members (excludes halogenated alkanes) is 2. The zero-order valence-electron chi connectivity index (χ0n) is 16.8. The van der Waals surface area contributed by atoms with E-state index in [9.17, 15) is 24.2 Å². The third-order valence-corrected chi connectivity index (χ3v) is 5.61. The lowest BCUT2D eigenvalue weighted by molar-refractivity contribution is -0.139. The van der Waals surface area contributed by atoms with Crippen molar-refractivity contribution in [1.82, 2.24) is 4.57 Å². The second-order valence-corrected chi connectivity index (χ2v) is 7.79. The highest BCUT2D eigenvalue weighted by Gasteiger charge is 2.30. The second-order valence-electron chi connectivity index (χ2n) is 7.35. The molecule has 0 saturated heterocycles. The number of carboxylic acids is 1. The van der Waals surface area contributed by atoms with Crippen molar-refractivity contribution in [2.24, 2.45) is 0 Å². The molecule has 1 heterocycles. The van der Waals surface area contributed by atoms with Crippen LogP contribution in [-0.4, -0.2) is 26.7 Å². The van der Waals surface area contributed by atoms with E-state index >= 15 is 0 Å². The molecule has 1 atom stereocenters. The molecule has 0 radical (unpaired) electrons. The summed E-state index contributed by atoms with van der Waals surface area (Å²) in [4.78, 5) is 25.3. The molecule has 158 valence electrons. The van der Waals surface area contributed by atoms with Crippen molar-refractivity contribution in [2.45, 2.75) is 45.4 Å². The number of hydrogen-bond donors (Lipinski definition) is 2. The zero-order valence-corrected chi connectivity index (χ0v) is 17.5. The number of rotatable bonds is 7. The predicted octanol–water partition coefficient (Wildman–Crippen LogP) is 5.88. The molecule has 0 amide bonds. The highest BCUT2D eigenvalue weighted by Crippen LogP contribution is 2.38. The van der Waals surface area contributed by atoms with Crippen LogP contribution < -0.4 is 0 Å². The minimum absolute atomic E-state index is 0.222. The lowest BCUT2D eigenvalue weighted by Gasteiger charge is -2.14. The summed E-state index contributed by atoms with van der Waals surface area (Å²) in [5.74, 6) is -3.78. The highest BCUT2D eigenvalue weighted by molar-refractivity contribution is 6.30. The summed E-state index contributed by atoms with van der Waals surface area (Å²) in [7, 11) is 0. The van der Waals surface area contributed by atoms with E-state index in [4.69, 9.17) is 11.6 Å². The first-order chi connectivity index (χ1) is 14.3. The van der Waals surface area contributed by atoms with Crippen LogP contribution in [0.25, 0.3) is 10.9 Å². The summed E-state index contributed by atoms with van der Waals surface area (Å²) >= 11 is 5.91. The number of benzene rings is 2. The molecule has 3 aromatic rings. The van der Waals surface area contributed by atoms with Crippen LogP contribution in [0.3, 0.4) is 0 Å².